The van der Waals surface area contributed by atoms with Crippen LogP contribution in [0.1, 0.15) is 18.4 Å². The van der Waals surface area contributed by atoms with Crippen molar-refractivity contribution < 1.29 is 0 Å². The first kappa shape index (κ1) is 12.7. The highest BCUT2D eigenvalue weighted by molar-refractivity contribution is 6.33. The van der Waals surface area contributed by atoms with Crippen LogP contribution < -0.4 is 5.32 Å². The second-order valence-electron chi connectivity index (χ2n) is 5.11. The Kier molecular flexibility index (Phi) is 4.30. The summed E-state index contributed by atoms with van der Waals surface area (Å²) in [7, 11) is 2.19. The molecule has 0 spiro atoms. The maximum absolute atomic E-state index is 6.20. The number of halogens is 1. The van der Waals surface area contributed by atoms with Crippen molar-refractivity contribution in [3.05, 3.63) is 28.8 Å². The number of hydrogen-bond donors (Lipinski definition) is 1. The highest BCUT2D eigenvalue weighted by Gasteiger charge is 2.16. The number of nitrogens with zero attached hydrogens (tertiary/aromatic N) is 1. The maximum Gasteiger partial charge on any atom is 0.0640 e. The lowest BCUT2D eigenvalue weighted by Gasteiger charge is -2.29. The summed E-state index contributed by atoms with van der Waals surface area (Å²) in [5.74, 6) is 0.781. The normalized spacial score (nSPS) is 18.3. The second kappa shape index (κ2) is 5.74. The lowest BCUT2D eigenvalue weighted by Crippen LogP contribution is -2.32. The van der Waals surface area contributed by atoms with E-state index in [1.807, 2.05) is 6.07 Å². The predicted molar refractivity (Wildman–Crippen MR) is 74.9 cm³/mol. The number of anilines is 1. The number of rotatable bonds is 3. The monoisotopic (exact) mass is 252 g/mol. The van der Waals surface area contributed by atoms with Gasteiger partial charge in [-0.3, -0.25) is 0 Å². The summed E-state index contributed by atoms with van der Waals surface area (Å²) in [6.07, 6.45) is 2.57. The minimum absolute atomic E-state index is 0.781. The van der Waals surface area contributed by atoms with E-state index in [4.69, 9.17) is 11.6 Å². The Labute approximate surface area is 109 Å². The molecule has 1 aromatic carbocycles. The third kappa shape index (κ3) is 3.62. The molecule has 0 radical (unpaired) electrons. The van der Waals surface area contributed by atoms with Gasteiger partial charge in [-0.15, -0.1) is 0 Å². The first-order valence-electron chi connectivity index (χ1n) is 6.33. The Morgan fingerprint density at radius 3 is 2.71 bits per heavy atom. The molecule has 1 aliphatic heterocycles. The zero-order valence-electron chi connectivity index (χ0n) is 10.7. The lowest BCUT2D eigenvalue weighted by molar-refractivity contribution is 0.226. The molecule has 2 rings (SSSR count). The fourth-order valence-electron chi connectivity index (χ4n) is 2.28. The minimum Gasteiger partial charge on any atom is -0.384 e. The average Bonchev–Trinajstić information content (AvgIpc) is 2.30. The third-order valence-corrected chi connectivity index (χ3v) is 3.86. The van der Waals surface area contributed by atoms with Crippen molar-refractivity contribution >= 4 is 17.3 Å². The number of benzene rings is 1. The molecule has 1 aliphatic rings. The molecule has 2 nitrogen and oxygen atoms in total. The van der Waals surface area contributed by atoms with Crippen molar-refractivity contribution in [2.24, 2.45) is 5.92 Å². The fraction of sp³-hybridized carbons (Fsp3) is 0.571. The van der Waals surface area contributed by atoms with E-state index in [-0.39, 0.29) is 0 Å². The van der Waals surface area contributed by atoms with Gasteiger partial charge in [0.25, 0.3) is 0 Å². The maximum atomic E-state index is 6.20. The van der Waals surface area contributed by atoms with E-state index >= 15 is 0 Å². The summed E-state index contributed by atoms with van der Waals surface area (Å²) in [4.78, 5) is 2.40. The molecule has 0 aliphatic carbocycles. The summed E-state index contributed by atoms with van der Waals surface area (Å²) in [5.41, 5.74) is 2.27. The first-order valence-corrected chi connectivity index (χ1v) is 6.71. The molecule has 0 saturated carbocycles. The van der Waals surface area contributed by atoms with Crippen LogP contribution in [-0.2, 0) is 0 Å². The van der Waals surface area contributed by atoms with E-state index < -0.39 is 0 Å². The van der Waals surface area contributed by atoms with Crippen LogP contribution in [0.15, 0.2) is 18.2 Å². The van der Waals surface area contributed by atoms with Crippen LogP contribution in [0.3, 0.4) is 0 Å². The van der Waals surface area contributed by atoms with E-state index in [0.717, 1.165) is 23.2 Å². The van der Waals surface area contributed by atoms with Gasteiger partial charge in [-0.25, -0.2) is 0 Å². The highest BCUT2D eigenvalue weighted by Crippen LogP contribution is 2.24. The summed E-state index contributed by atoms with van der Waals surface area (Å²) < 4.78 is 0. The van der Waals surface area contributed by atoms with Gasteiger partial charge in [0, 0.05) is 6.54 Å². The number of hydrogen-bond acceptors (Lipinski definition) is 2. The molecule has 1 aromatic rings. The predicted octanol–water partition coefficient (Wildman–Crippen LogP) is 3.40. The van der Waals surface area contributed by atoms with Crippen LogP contribution in [0.4, 0.5) is 5.69 Å². The molecule has 1 fully saturated rings. The molecule has 0 aromatic heterocycles. The topological polar surface area (TPSA) is 15.3 Å². The summed E-state index contributed by atoms with van der Waals surface area (Å²) in [6.45, 7) is 5.53. The van der Waals surface area contributed by atoms with Crippen LogP contribution in [0, 0.1) is 12.8 Å². The summed E-state index contributed by atoms with van der Waals surface area (Å²) in [5, 5.41) is 4.31. The molecule has 0 atom stereocenters. The van der Waals surface area contributed by atoms with Crippen molar-refractivity contribution in [3.63, 3.8) is 0 Å². The molecule has 1 heterocycles. The Hall–Kier alpha value is -0.730. The van der Waals surface area contributed by atoms with E-state index in [1.54, 1.807) is 0 Å². The van der Waals surface area contributed by atoms with Crippen molar-refractivity contribution in [2.75, 3.05) is 32.0 Å². The van der Waals surface area contributed by atoms with Gasteiger partial charge < -0.3 is 10.2 Å². The Morgan fingerprint density at radius 2 is 2.06 bits per heavy atom. The van der Waals surface area contributed by atoms with E-state index in [0.29, 0.717) is 0 Å². The molecule has 17 heavy (non-hydrogen) atoms. The van der Waals surface area contributed by atoms with E-state index in [9.17, 15) is 0 Å². The van der Waals surface area contributed by atoms with Crippen LogP contribution in [-0.4, -0.2) is 31.6 Å². The number of piperidine rings is 1. The van der Waals surface area contributed by atoms with Crippen molar-refractivity contribution in [2.45, 2.75) is 19.8 Å². The molecule has 1 N–H and O–H groups in total. The average molecular weight is 253 g/mol. The zero-order valence-corrected chi connectivity index (χ0v) is 11.4. The van der Waals surface area contributed by atoms with Crippen LogP contribution >= 0.6 is 11.6 Å². The van der Waals surface area contributed by atoms with Crippen LogP contribution in [0.25, 0.3) is 0 Å². The quantitative estimate of drug-likeness (QED) is 0.887. The number of likely N-dealkylation sites (tertiary alicyclic amines) is 1. The van der Waals surface area contributed by atoms with Gasteiger partial charge in [-0.05, 0) is 63.5 Å². The van der Waals surface area contributed by atoms with Gasteiger partial charge in [-0.2, -0.15) is 0 Å². The molecule has 0 unspecified atom stereocenters. The van der Waals surface area contributed by atoms with Crippen LogP contribution in [0.5, 0.6) is 0 Å². The van der Waals surface area contributed by atoms with Crippen molar-refractivity contribution in [1.29, 1.82) is 0 Å². The Balaban J connectivity index is 1.85. The summed E-state index contributed by atoms with van der Waals surface area (Å²) >= 11 is 6.20. The SMILES string of the molecule is Cc1ccc(NCC2CCN(C)CC2)c(Cl)c1. The molecule has 0 bridgehead atoms. The molecule has 3 heteroatoms. The highest BCUT2D eigenvalue weighted by atomic mass is 35.5. The van der Waals surface area contributed by atoms with Gasteiger partial charge in [0.05, 0.1) is 10.7 Å². The minimum atomic E-state index is 0.781. The van der Waals surface area contributed by atoms with Gasteiger partial charge in [0.2, 0.25) is 0 Å². The van der Waals surface area contributed by atoms with Gasteiger partial charge >= 0.3 is 0 Å². The lowest BCUT2D eigenvalue weighted by atomic mass is 9.97. The molecule has 94 valence electrons. The number of aryl methyl sites for hydroxylation is 1. The van der Waals surface area contributed by atoms with E-state index in [2.05, 4.69) is 36.3 Å². The largest absolute Gasteiger partial charge is 0.384 e. The van der Waals surface area contributed by atoms with Gasteiger partial charge in [0.15, 0.2) is 0 Å². The summed E-state index contributed by atoms with van der Waals surface area (Å²) in [6, 6.07) is 6.19. The third-order valence-electron chi connectivity index (χ3n) is 3.54. The molecular formula is C14H21ClN2. The number of nitrogens with one attached hydrogen (secondary N) is 1. The van der Waals surface area contributed by atoms with Crippen LogP contribution in [0.2, 0.25) is 5.02 Å². The van der Waals surface area contributed by atoms with Crippen molar-refractivity contribution in [3.8, 4) is 0 Å². The smallest absolute Gasteiger partial charge is 0.0640 e. The van der Waals surface area contributed by atoms with Crippen molar-refractivity contribution in [1.82, 2.24) is 4.90 Å². The Morgan fingerprint density at radius 1 is 1.35 bits per heavy atom. The van der Waals surface area contributed by atoms with Gasteiger partial charge in [0.1, 0.15) is 0 Å². The molecule has 1 saturated heterocycles. The second-order valence-corrected chi connectivity index (χ2v) is 5.52. The zero-order chi connectivity index (χ0) is 12.3. The van der Waals surface area contributed by atoms with E-state index in [1.165, 1.54) is 31.5 Å². The molecule has 0 amide bonds. The molecular weight excluding hydrogens is 232 g/mol. The Bertz CT molecular complexity index is 370. The first-order chi connectivity index (χ1) is 8.15. The fourth-order valence-corrected chi connectivity index (χ4v) is 2.59. The van der Waals surface area contributed by atoms with Gasteiger partial charge in [-0.1, -0.05) is 17.7 Å². The standard InChI is InChI=1S/C14H21ClN2/c1-11-3-4-14(13(15)9-11)16-10-12-5-7-17(2)8-6-12/h3-4,9,12,16H,5-8,10H2,1-2H3.